The van der Waals surface area contributed by atoms with Crippen molar-refractivity contribution in [1.82, 2.24) is 4.90 Å². The fourth-order valence-corrected chi connectivity index (χ4v) is 2.68. The van der Waals surface area contributed by atoms with Crippen LogP contribution < -0.4 is 0 Å². The van der Waals surface area contributed by atoms with Crippen molar-refractivity contribution in [2.24, 2.45) is 5.92 Å². The van der Waals surface area contributed by atoms with Gasteiger partial charge in [0.25, 0.3) is 0 Å². The van der Waals surface area contributed by atoms with E-state index in [1.54, 1.807) is 0 Å². The van der Waals surface area contributed by atoms with Gasteiger partial charge in [-0.1, -0.05) is 19.3 Å². The Hall–Kier alpha value is -0.610. The van der Waals surface area contributed by atoms with E-state index in [0.717, 1.165) is 12.8 Å². The summed E-state index contributed by atoms with van der Waals surface area (Å²) in [7, 11) is 0. The quantitative estimate of drug-likeness (QED) is 0.758. The predicted octanol–water partition coefficient (Wildman–Crippen LogP) is 0.786. The van der Waals surface area contributed by atoms with E-state index in [9.17, 15) is 9.90 Å². The lowest BCUT2D eigenvalue weighted by Gasteiger charge is -2.37. The first-order valence-electron chi connectivity index (χ1n) is 6.32. The third kappa shape index (κ3) is 2.55. The molecule has 2 rings (SSSR count). The van der Waals surface area contributed by atoms with E-state index in [4.69, 9.17) is 4.74 Å². The highest BCUT2D eigenvalue weighted by molar-refractivity contribution is 5.79. The number of aliphatic hydroxyl groups is 1. The summed E-state index contributed by atoms with van der Waals surface area (Å²) in [5.41, 5.74) is 0. The summed E-state index contributed by atoms with van der Waals surface area (Å²) in [6.45, 7) is 1.74. The van der Waals surface area contributed by atoms with E-state index in [1.165, 1.54) is 19.3 Å². The largest absolute Gasteiger partial charge is 0.394 e. The maximum Gasteiger partial charge on any atom is 0.226 e. The Balaban J connectivity index is 1.95. The van der Waals surface area contributed by atoms with Crippen LogP contribution in [0.4, 0.5) is 0 Å². The van der Waals surface area contributed by atoms with E-state index in [2.05, 4.69) is 0 Å². The second-order valence-corrected chi connectivity index (χ2v) is 4.78. The van der Waals surface area contributed by atoms with Gasteiger partial charge in [-0.2, -0.15) is 0 Å². The van der Waals surface area contributed by atoms with Gasteiger partial charge in [0.2, 0.25) is 5.91 Å². The van der Waals surface area contributed by atoms with Gasteiger partial charge in [-0.15, -0.1) is 0 Å². The summed E-state index contributed by atoms with van der Waals surface area (Å²) < 4.78 is 5.29. The van der Waals surface area contributed by atoms with Crippen molar-refractivity contribution < 1.29 is 14.6 Å². The second-order valence-electron chi connectivity index (χ2n) is 4.78. The maximum absolute atomic E-state index is 12.3. The van der Waals surface area contributed by atoms with Crippen LogP contribution in [0, 0.1) is 5.92 Å². The summed E-state index contributed by atoms with van der Waals surface area (Å²) >= 11 is 0. The second kappa shape index (κ2) is 5.64. The molecule has 1 saturated carbocycles. The van der Waals surface area contributed by atoms with Crippen LogP contribution in [0.2, 0.25) is 0 Å². The Morgan fingerprint density at radius 1 is 1.31 bits per heavy atom. The number of hydrogen-bond acceptors (Lipinski definition) is 3. The van der Waals surface area contributed by atoms with Crippen molar-refractivity contribution in [2.75, 3.05) is 26.4 Å². The molecule has 0 bridgehead atoms. The number of carbonyl (C=O) groups is 1. The molecule has 4 nitrogen and oxygen atoms in total. The molecule has 2 fully saturated rings. The molecule has 0 aromatic carbocycles. The van der Waals surface area contributed by atoms with Gasteiger partial charge in [0.15, 0.2) is 0 Å². The smallest absolute Gasteiger partial charge is 0.226 e. The Morgan fingerprint density at radius 2 is 2.06 bits per heavy atom. The van der Waals surface area contributed by atoms with Crippen LogP contribution in [-0.2, 0) is 9.53 Å². The summed E-state index contributed by atoms with van der Waals surface area (Å²) in [6, 6.07) is -0.122. The van der Waals surface area contributed by atoms with Crippen LogP contribution in [0.25, 0.3) is 0 Å². The van der Waals surface area contributed by atoms with Gasteiger partial charge < -0.3 is 14.7 Å². The molecule has 1 atom stereocenters. The predicted molar refractivity (Wildman–Crippen MR) is 60.0 cm³/mol. The van der Waals surface area contributed by atoms with Gasteiger partial charge in [0.1, 0.15) is 0 Å². The van der Waals surface area contributed by atoms with Crippen molar-refractivity contribution >= 4 is 5.91 Å². The Morgan fingerprint density at radius 3 is 2.75 bits per heavy atom. The van der Waals surface area contributed by atoms with Gasteiger partial charge in [0, 0.05) is 12.5 Å². The van der Waals surface area contributed by atoms with Crippen LogP contribution in [0.5, 0.6) is 0 Å². The molecule has 0 radical (unpaired) electrons. The molecule has 92 valence electrons. The minimum Gasteiger partial charge on any atom is -0.394 e. The molecule has 16 heavy (non-hydrogen) atoms. The molecule has 1 amide bonds. The molecular weight excluding hydrogens is 206 g/mol. The van der Waals surface area contributed by atoms with E-state index < -0.39 is 0 Å². The highest BCUT2D eigenvalue weighted by Gasteiger charge is 2.32. The number of rotatable bonds is 2. The monoisotopic (exact) mass is 227 g/mol. The Bertz CT molecular complexity index is 238. The minimum atomic E-state index is -0.122. The lowest BCUT2D eigenvalue weighted by atomic mass is 9.88. The number of hydrogen-bond donors (Lipinski definition) is 1. The topological polar surface area (TPSA) is 49.8 Å². The molecular formula is C12H21NO3. The van der Waals surface area contributed by atoms with E-state index >= 15 is 0 Å². The summed E-state index contributed by atoms with van der Waals surface area (Å²) in [6.07, 6.45) is 5.65. The van der Waals surface area contributed by atoms with Crippen molar-refractivity contribution in [3.8, 4) is 0 Å². The third-order valence-corrected chi connectivity index (χ3v) is 3.68. The maximum atomic E-state index is 12.3. The molecule has 0 aromatic rings. The van der Waals surface area contributed by atoms with Gasteiger partial charge in [-0.05, 0) is 12.8 Å². The van der Waals surface area contributed by atoms with E-state index in [1.807, 2.05) is 4.90 Å². The summed E-state index contributed by atoms with van der Waals surface area (Å²) in [5.74, 6) is 0.433. The Kier molecular flexibility index (Phi) is 4.18. The fourth-order valence-electron chi connectivity index (χ4n) is 2.68. The van der Waals surface area contributed by atoms with Crippen LogP contribution >= 0.6 is 0 Å². The van der Waals surface area contributed by atoms with Gasteiger partial charge in [-0.3, -0.25) is 4.79 Å². The van der Waals surface area contributed by atoms with Crippen LogP contribution in [0.15, 0.2) is 0 Å². The highest BCUT2D eigenvalue weighted by Crippen LogP contribution is 2.26. The number of amides is 1. The van der Waals surface area contributed by atoms with E-state index in [-0.39, 0.29) is 24.5 Å². The molecule has 1 heterocycles. The van der Waals surface area contributed by atoms with Crippen LogP contribution in [-0.4, -0.2) is 48.3 Å². The average molecular weight is 227 g/mol. The van der Waals surface area contributed by atoms with Gasteiger partial charge in [-0.25, -0.2) is 0 Å². The molecule has 4 heteroatoms. The first-order valence-corrected chi connectivity index (χ1v) is 6.32. The van der Waals surface area contributed by atoms with Crippen LogP contribution in [0.1, 0.15) is 32.1 Å². The SMILES string of the molecule is O=C(C1CCCCC1)N1CCOCC1CO. The van der Waals surface area contributed by atoms with Gasteiger partial charge >= 0.3 is 0 Å². The van der Waals surface area contributed by atoms with E-state index in [0.29, 0.717) is 19.8 Å². The number of nitrogens with zero attached hydrogens (tertiary/aromatic N) is 1. The average Bonchev–Trinajstić information content (AvgIpc) is 2.39. The van der Waals surface area contributed by atoms with Crippen molar-refractivity contribution in [1.29, 1.82) is 0 Å². The lowest BCUT2D eigenvalue weighted by molar-refractivity contribution is -0.147. The molecule has 1 aliphatic carbocycles. The summed E-state index contributed by atoms with van der Waals surface area (Å²) in [4.78, 5) is 14.1. The first kappa shape index (κ1) is 11.9. The fraction of sp³-hybridized carbons (Fsp3) is 0.917. The molecule has 2 aliphatic rings. The highest BCUT2D eigenvalue weighted by atomic mass is 16.5. The molecule has 0 aromatic heterocycles. The Labute approximate surface area is 96.6 Å². The number of aliphatic hydroxyl groups excluding tert-OH is 1. The lowest BCUT2D eigenvalue weighted by Crippen LogP contribution is -2.52. The van der Waals surface area contributed by atoms with Crippen molar-refractivity contribution in [3.05, 3.63) is 0 Å². The molecule has 1 saturated heterocycles. The summed E-state index contributed by atoms with van der Waals surface area (Å²) in [5, 5.41) is 9.23. The van der Waals surface area contributed by atoms with Gasteiger partial charge in [0.05, 0.1) is 25.9 Å². The zero-order valence-electron chi connectivity index (χ0n) is 9.73. The number of morpholine rings is 1. The molecule has 1 unspecified atom stereocenters. The third-order valence-electron chi connectivity index (χ3n) is 3.68. The van der Waals surface area contributed by atoms with Crippen molar-refractivity contribution in [2.45, 2.75) is 38.1 Å². The standard InChI is InChI=1S/C12H21NO3/c14-8-11-9-16-7-6-13(11)12(15)10-4-2-1-3-5-10/h10-11,14H,1-9H2. The zero-order valence-corrected chi connectivity index (χ0v) is 9.73. The van der Waals surface area contributed by atoms with Crippen LogP contribution in [0.3, 0.4) is 0 Å². The van der Waals surface area contributed by atoms with Crippen molar-refractivity contribution in [3.63, 3.8) is 0 Å². The minimum absolute atomic E-state index is 0.0124. The first-order chi connectivity index (χ1) is 7.83. The number of carbonyl (C=O) groups excluding carboxylic acids is 1. The molecule has 1 N–H and O–H groups in total. The zero-order chi connectivity index (χ0) is 11.4. The normalized spacial score (nSPS) is 28.1. The number of ether oxygens (including phenoxy) is 1. The molecule has 0 spiro atoms. The molecule has 1 aliphatic heterocycles.